The molecule has 3 aromatic rings. The van der Waals surface area contributed by atoms with Crippen LogP contribution in [-0.4, -0.2) is 4.98 Å². The molecule has 1 nitrogen and oxygen atoms in total. The molecule has 1 heterocycles. The van der Waals surface area contributed by atoms with Gasteiger partial charge in [-0.25, -0.2) is 4.98 Å². The molecular weight excluding hydrogens is 214 g/mol. The number of thiazole rings is 1. The second kappa shape index (κ2) is 3.72. The molecule has 0 bridgehead atoms. The zero-order chi connectivity index (χ0) is 11.0. The lowest BCUT2D eigenvalue weighted by Crippen LogP contribution is -1.76. The Morgan fingerprint density at radius 3 is 2.44 bits per heavy atom. The first kappa shape index (κ1) is 9.55. The number of benzene rings is 2. The van der Waals surface area contributed by atoms with Gasteiger partial charge in [0.15, 0.2) is 0 Å². The average Bonchev–Trinajstić information content (AvgIpc) is 2.73. The zero-order valence-electron chi connectivity index (χ0n) is 8.55. The number of hydrogen-bond acceptors (Lipinski definition) is 2. The fourth-order valence-electron chi connectivity index (χ4n) is 1.62. The van der Waals surface area contributed by atoms with Crippen LogP contribution in [0.5, 0.6) is 0 Å². The molecule has 3 rings (SSSR count). The fourth-order valence-corrected chi connectivity index (χ4v) is 2.59. The Morgan fingerprint density at radius 1 is 0.938 bits per heavy atom. The maximum atomic E-state index is 5.66. The van der Waals surface area contributed by atoms with Crippen LogP contribution in [0.2, 0.25) is 0 Å². The van der Waals surface area contributed by atoms with E-state index in [1.807, 2.05) is 42.5 Å². The van der Waals surface area contributed by atoms with Crippen molar-refractivity contribution in [1.29, 1.82) is 0 Å². The highest BCUT2D eigenvalue weighted by atomic mass is 32.1. The normalized spacial score (nSPS) is 10.8. The van der Waals surface area contributed by atoms with Crippen LogP contribution in [0.25, 0.3) is 20.8 Å². The minimum Gasteiger partial charge on any atom is -0.236 e. The summed E-state index contributed by atoms with van der Waals surface area (Å²) in [5.41, 5.74) is 2.96. The lowest BCUT2D eigenvalue weighted by atomic mass is 10.2. The fraction of sp³-hybridized carbons (Fsp3) is 0. The molecule has 0 aliphatic heterocycles. The third-order valence-electron chi connectivity index (χ3n) is 2.45. The van der Waals surface area contributed by atoms with Crippen LogP contribution in [0.3, 0.4) is 0 Å². The maximum absolute atomic E-state index is 5.66. The van der Waals surface area contributed by atoms with Crippen LogP contribution in [0.15, 0.2) is 48.5 Å². The van der Waals surface area contributed by atoms with Gasteiger partial charge in [0.2, 0.25) is 0 Å². The molecule has 0 aliphatic rings. The summed E-state index contributed by atoms with van der Waals surface area (Å²) in [6, 6.07) is 16.0. The quantitative estimate of drug-likeness (QED) is 0.607. The molecule has 0 saturated heterocycles. The van der Waals surface area contributed by atoms with Gasteiger partial charge < -0.3 is 0 Å². The summed E-state index contributed by atoms with van der Waals surface area (Å²) in [6.45, 7) is 5.66. The van der Waals surface area contributed by atoms with Gasteiger partial charge in [0.1, 0.15) is 5.01 Å². The lowest BCUT2D eigenvalue weighted by Gasteiger charge is -1.95. The topological polar surface area (TPSA) is 12.9 Å². The van der Waals surface area contributed by atoms with Gasteiger partial charge in [-0.15, -0.1) is 11.3 Å². The van der Waals surface area contributed by atoms with Crippen LogP contribution in [0, 0.1) is 6.92 Å². The minimum absolute atomic E-state index is 0.782. The Hall–Kier alpha value is -1.67. The molecule has 0 aliphatic carbocycles. The van der Waals surface area contributed by atoms with Crippen molar-refractivity contribution in [2.45, 2.75) is 0 Å². The van der Waals surface area contributed by atoms with Crippen LogP contribution in [-0.2, 0) is 0 Å². The summed E-state index contributed by atoms with van der Waals surface area (Å²) in [5.74, 6) is 0. The third kappa shape index (κ3) is 1.61. The van der Waals surface area contributed by atoms with Crippen molar-refractivity contribution in [3.05, 3.63) is 61.0 Å². The number of fused-ring (bicyclic) bond motifs is 1. The van der Waals surface area contributed by atoms with Crippen molar-refractivity contribution in [1.82, 2.24) is 4.98 Å². The third-order valence-corrected chi connectivity index (χ3v) is 3.54. The molecule has 0 amide bonds. The zero-order valence-corrected chi connectivity index (χ0v) is 9.37. The lowest BCUT2D eigenvalue weighted by molar-refractivity contribution is 1.47. The first-order valence-electron chi connectivity index (χ1n) is 5.04. The van der Waals surface area contributed by atoms with Crippen molar-refractivity contribution in [3.8, 4) is 10.6 Å². The van der Waals surface area contributed by atoms with Gasteiger partial charge >= 0.3 is 0 Å². The second-order valence-corrected chi connectivity index (χ2v) is 4.64. The Bertz CT molecular complexity index is 590. The van der Waals surface area contributed by atoms with E-state index < -0.39 is 0 Å². The van der Waals surface area contributed by atoms with Gasteiger partial charge in [-0.2, -0.15) is 0 Å². The minimum atomic E-state index is 0.782. The molecule has 2 radical (unpaired) electrons. The Labute approximate surface area is 98.4 Å². The molecule has 0 N–H and O–H groups in total. The molecule has 0 atom stereocenters. The summed E-state index contributed by atoms with van der Waals surface area (Å²) >= 11 is 1.70. The molecule has 16 heavy (non-hydrogen) atoms. The Morgan fingerprint density at radius 2 is 1.69 bits per heavy atom. The summed E-state index contributed by atoms with van der Waals surface area (Å²) in [5, 5.41) is 1.04. The van der Waals surface area contributed by atoms with E-state index in [-0.39, 0.29) is 0 Å². The first-order valence-corrected chi connectivity index (χ1v) is 5.86. The van der Waals surface area contributed by atoms with Crippen molar-refractivity contribution < 1.29 is 0 Å². The van der Waals surface area contributed by atoms with Gasteiger partial charge in [0.25, 0.3) is 0 Å². The molecular formula is C14H9NS. The van der Waals surface area contributed by atoms with Crippen molar-refractivity contribution >= 4 is 21.6 Å². The largest absolute Gasteiger partial charge is 0.236 e. The molecule has 2 heteroatoms. The van der Waals surface area contributed by atoms with E-state index >= 15 is 0 Å². The Kier molecular flexibility index (Phi) is 2.22. The van der Waals surface area contributed by atoms with E-state index in [0.717, 1.165) is 21.7 Å². The van der Waals surface area contributed by atoms with E-state index in [1.165, 1.54) is 4.70 Å². The molecule has 0 fully saturated rings. The molecule has 2 aromatic carbocycles. The average molecular weight is 223 g/mol. The molecule has 1 aromatic heterocycles. The number of nitrogens with zero attached hydrogens (tertiary/aromatic N) is 1. The molecule has 0 saturated carbocycles. The number of aromatic nitrogens is 1. The van der Waals surface area contributed by atoms with Gasteiger partial charge in [-0.1, -0.05) is 36.4 Å². The molecule has 0 spiro atoms. The van der Waals surface area contributed by atoms with Gasteiger partial charge in [0, 0.05) is 5.56 Å². The number of para-hydroxylation sites is 1. The number of rotatable bonds is 1. The van der Waals surface area contributed by atoms with Crippen molar-refractivity contribution in [2.75, 3.05) is 0 Å². The predicted molar refractivity (Wildman–Crippen MR) is 68.5 cm³/mol. The highest BCUT2D eigenvalue weighted by Crippen LogP contribution is 2.29. The van der Waals surface area contributed by atoms with E-state index in [1.54, 1.807) is 11.3 Å². The standard InChI is InChI=1S/C14H9NS/c1-10-6-8-11(9-7-10)14-15-12-4-2-3-5-13(12)16-14/h1-9H. The van der Waals surface area contributed by atoms with Crippen LogP contribution >= 0.6 is 11.3 Å². The van der Waals surface area contributed by atoms with Gasteiger partial charge in [0.05, 0.1) is 10.2 Å². The number of hydrogen-bond donors (Lipinski definition) is 0. The Balaban J connectivity index is 2.15. The van der Waals surface area contributed by atoms with E-state index in [2.05, 4.69) is 11.1 Å². The summed E-state index contributed by atoms with van der Waals surface area (Å²) in [7, 11) is 0. The predicted octanol–water partition coefficient (Wildman–Crippen LogP) is 4.02. The summed E-state index contributed by atoms with van der Waals surface area (Å²) < 4.78 is 1.22. The van der Waals surface area contributed by atoms with Crippen molar-refractivity contribution in [2.24, 2.45) is 0 Å². The van der Waals surface area contributed by atoms with Gasteiger partial charge in [-0.3, -0.25) is 0 Å². The van der Waals surface area contributed by atoms with E-state index in [0.29, 0.717) is 0 Å². The summed E-state index contributed by atoms with van der Waals surface area (Å²) in [4.78, 5) is 4.59. The smallest absolute Gasteiger partial charge is 0.124 e. The van der Waals surface area contributed by atoms with Crippen LogP contribution < -0.4 is 0 Å². The van der Waals surface area contributed by atoms with Crippen molar-refractivity contribution in [3.63, 3.8) is 0 Å². The highest BCUT2D eigenvalue weighted by Gasteiger charge is 2.04. The van der Waals surface area contributed by atoms with Gasteiger partial charge in [-0.05, 0) is 24.6 Å². The van der Waals surface area contributed by atoms with Crippen LogP contribution in [0.1, 0.15) is 5.56 Å². The maximum Gasteiger partial charge on any atom is 0.124 e. The monoisotopic (exact) mass is 223 g/mol. The van der Waals surface area contributed by atoms with E-state index in [4.69, 9.17) is 6.92 Å². The SMILES string of the molecule is [CH]c1ccc(-c2nc3ccccc3s2)cc1. The molecule has 76 valence electrons. The first-order chi connectivity index (χ1) is 7.83. The molecule has 0 unspecified atom stereocenters. The van der Waals surface area contributed by atoms with Crippen LogP contribution in [0.4, 0.5) is 0 Å². The van der Waals surface area contributed by atoms with E-state index in [9.17, 15) is 0 Å². The highest BCUT2D eigenvalue weighted by molar-refractivity contribution is 7.21. The summed E-state index contributed by atoms with van der Waals surface area (Å²) in [6.07, 6.45) is 0. The second-order valence-electron chi connectivity index (χ2n) is 3.61.